The van der Waals surface area contributed by atoms with Gasteiger partial charge in [0.2, 0.25) is 0 Å². The SMILES string of the molecule is Cc1ncc(C(Cc2ccc(C#N)c(Oc3cccc(OCCO)c3)c2)N2CCNCC2)[nH]1. The maximum absolute atomic E-state index is 9.61. The molecule has 0 bridgehead atoms. The molecule has 8 nitrogen and oxygen atoms in total. The highest BCUT2D eigenvalue weighted by Gasteiger charge is 2.24. The van der Waals surface area contributed by atoms with Gasteiger partial charge < -0.3 is 24.9 Å². The third-order valence-corrected chi connectivity index (χ3v) is 5.66. The molecule has 1 aliphatic heterocycles. The van der Waals surface area contributed by atoms with E-state index in [1.807, 2.05) is 43.5 Å². The molecular weight excluding hydrogens is 418 g/mol. The average Bonchev–Trinajstić information content (AvgIpc) is 3.28. The molecule has 2 aromatic carbocycles. The number of hydrogen-bond acceptors (Lipinski definition) is 7. The number of nitrogens with zero attached hydrogens (tertiary/aromatic N) is 3. The molecule has 0 spiro atoms. The van der Waals surface area contributed by atoms with Gasteiger partial charge in [0.25, 0.3) is 0 Å². The van der Waals surface area contributed by atoms with Crippen molar-refractivity contribution in [3.8, 4) is 23.3 Å². The molecule has 0 radical (unpaired) electrons. The van der Waals surface area contributed by atoms with Gasteiger partial charge in [0.1, 0.15) is 35.7 Å². The third kappa shape index (κ3) is 5.90. The van der Waals surface area contributed by atoms with E-state index in [1.54, 1.807) is 12.1 Å². The van der Waals surface area contributed by atoms with E-state index in [1.165, 1.54) is 0 Å². The van der Waals surface area contributed by atoms with Crippen molar-refractivity contribution in [3.63, 3.8) is 0 Å². The number of nitriles is 1. The summed E-state index contributed by atoms with van der Waals surface area (Å²) in [6.07, 6.45) is 2.68. The van der Waals surface area contributed by atoms with E-state index in [-0.39, 0.29) is 19.3 Å². The molecule has 8 heteroatoms. The van der Waals surface area contributed by atoms with Gasteiger partial charge in [0, 0.05) is 38.4 Å². The van der Waals surface area contributed by atoms with Gasteiger partial charge in [-0.2, -0.15) is 5.26 Å². The van der Waals surface area contributed by atoms with Crippen LogP contribution in [0.15, 0.2) is 48.7 Å². The lowest BCUT2D eigenvalue weighted by atomic mass is 10.00. The summed E-state index contributed by atoms with van der Waals surface area (Å²) < 4.78 is 11.6. The molecule has 1 saturated heterocycles. The number of H-pyrrole nitrogens is 1. The minimum Gasteiger partial charge on any atom is -0.491 e. The highest BCUT2D eigenvalue weighted by atomic mass is 16.5. The van der Waals surface area contributed by atoms with Crippen LogP contribution in [0.3, 0.4) is 0 Å². The fourth-order valence-electron chi connectivity index (χ4n) is 4.05. The zero-order valence-corrected chi connectivity index (χ0v) is 18.8. The molecule has 4 rings (SSSR count). The van der Waals surface area contributed by atoms with Gasteiger partial charge in [-0.3, -0.25) is 4.90 Å². The number of rotatable bonds is 9. The number of aliphatic hydroxyl groups excluding tert-OH is 1. The van der Waals surface area contributed by atoms with Crippen LogP contribution in [0.2, 0.25) is 0 Å². The van der Waals surface area contributed by atoms with Crippen LogP contribution in [0.25, 0.3) is 0 Å². The fourth-order valence-corrected chi connectivity index (χ4v) is 4.05. The van der Waals surface area contributed by atoms with Crippen LogP contribution in [0.4, 0.5) is 0 Å². The number of aromatic nitrogens is 2. The average molecular weight is 448 g/mol. The Kier molecular flexibility index (Phi) is 7.58. The molecule has 1 fully saturated rings. The van der Waals surface area contributed by atoms with E-state index < -0.39 is 0 Å². The summed E-state index contributed by atoms with van der Waals surface area (Å²) >= 11 is 0. The van der Waals surface area contributed by atoms with Gasteiger partial charge in [0.05, 0.1) is 23.9 Å². The quantitative estimate of drug-likeness (QED) is 0.463. The predicted octanol–water partition coefficient (Wildman–Crippen LogP) is 2.94. The van der Waals surface area contributed by atoms with Crippen molar-refractivity contribution in [3.05, 3.63) is 71.3 Å². The monoisotopic (exact) mass is 447 g/mol. The topological polar surface area (TPSA) is 106 Å². The maximum atomic E-state index is 9.61. The summed E-state index contributed by atoms with van der Waals surface area (Å²) in [7, 11) is 0. The van der Waals surface area contributed by atoms with Crippen molar-refractivity contribution in [1.29, 1.82) is 5.26 Å². The molecule has 172 valence electrons. The molecule has 3 N–H and O–H groups in total. The lowest BCUT2D eigenvalue weighted by Crippen LogP contribution is -2.45. The van der Waals surface area contributed by atoms with Crippen LogP contribution < -0.4 is 14.8 Å². The van der Waals surface area contributed by atoms with E-state index in [9.17, 15) is 5.26 Å². The van der Waals surface area contributed by atoms with Crippen LogP contribution in [-0.2, 0) is 6.42 Å². The molecule has 1 unspecified atom stereocenters. The van der Waals surface area contributed by atoms with Crippen LogP contribution in [0, 0.1) is 18.3 Å². The second-order valence-electron chi connectivity index (χ2n) is 8.02. The number of aromatic amines is 1. The van der Waals surface area contributed by atoms with Gasteiger partial charge in [-0.1, -0.05) is 12.1 Å². The second-order valence-corrected chi connectivity index (χ2v) is 8.02. The highest BCUT2D eigenvalue weighted by molar-refractivity contribution is 5.48. The van der Waals surface area contributed by atoms with Gasteiger partial charge in [0.15, 0.2) is 0 Å². The lowest BCUT2D eigenvalue weighted by Gasteiger charge is -2.34. The Morgan fingerprint density at radius 2 is 2.00 bits per heavy atom. The molecule has 0 amide bonds. The molecule has 1 atom stereocenters. The standard InChI is InChI=1S/C25H29N5O3/c1-18-28-17-23(29-18)24(30-9-7-27-8-10-30)13-19-5-6-20(16-26)25(14-19)33-22-4-2-3-21(15-22)32-12-11-31/h2-6,14-15,17,24,27,31H,7-13H2,1H3,(H,28,29). The number of aliphatic hydroxyl groups is 1. The number of ether oxygens (including phenoxy) is 2. The minimum atomic E-state index is -0.0597. The molecule has 3 aromatic rings. The Balaban J connectivity index is 1.58. The van der Waals surface area contributed by atoms with E-state index >= 15 is 0 Å². The Hall–Kier alpha value is -3.38. The number of nitrogens with one attached hydrogen (secondary N) is 2. The number of piperazine rings is 1. The molecule has 1 aliphatic rings. The van der Waals surface area contributed by atoms with Gasteiger partial charge >= 0.3 is 0 Å². The van der Waals surface area contributed by atoms with Crippen LogP contribution in [0.5, 0.6) is 17.2 Å². The van der Waals surface area contributed by atoms with E-state index in [2.05, 4.69) is 26.3 Å². The largest absolute Gasteiger partial charge is 0.491 e. The zero-order valence-electron chi connectivity index (χ0n) is 18.8. The Morgan fingerprint density at radius 3 is 2.73 bits per heavy atom. The first-order chi connectivity index (χ1) is 16.2. The van der Waals surface area contributed by atoms with E-state index in [4.69, 9.17) is 14.6 Å². The first-order valence-electron chi connectivity index (χ1n) is 11.2. The van der Waals surface area contributed by atoms with Crippen LogP contribution in [-0.4, -0.2) is 59.4 Å². The third-order valence-electron chi connectivity index (χ3n) is 5.66. The normalized spacial score (nSPS) is 15.1. The Bertz CT molecular complexity index is 1100. The van der Waals surface area contributed by atoms with Crippen molar-refractivity contribution >= 4 is 0 Å². The number of aryl methyl sites for hydroxylation is 1. The van der Waals surface area contributed by atoms with Crippen molar-refractivity contribution in [2.45, 2.75) is 19.4 Å². The first kappa shape index (κ1) is 22.8. The molecule has 1 aromatic heterocycles. The summed E-state index contributed by atoms with van der Waals surface area (Å²) in [5.74, 6) is 2.58. The smallest absolute Gasteiger partial charge is 0.145 e. The molecule has 2 heterocycles. The lowest BCUT2D eigenvalue weighted by molar-refractivity contribution is 0.169. The first-order valence-corrected chi connectivity index (χ1v) is 11.2. The highest BCUT2D eigenvalue weighted by Crippen LogP contribution is 2.31. The summed E-state index contributed by atoms with van der Waals surface area (Å²) in [5, 5.41) is 22.0. The van der Waals surface area contributed by atoms with Crippen molar-refractivity contribution in [2.24, 2.45) is 0 Å². The van der Waals surface area contributed by atoms with Crippen LogP contribution >= 0.6 is 0 Å². The summed E-state index contributed by atoms with van der Waals surface area (Å²) in [4.78, 5) is 10.3. The summed E-state index contributed by atoms with van der Waals surface area (Å²) in [6.45, 7) is 5.95. The molecule has 0 saturated carbocycles. The molecule has 0 aliphatic carbocycles. The second kappa shape index (κ2) is 11.0. The number of imidazole rings is 1. The molecular formula is C25H29N5O3. The summed E-state index contributed by atoms with van der Waals surface area (Å²) in [5.41, 5.74) is 2.64. The number of benzene rings is 2. The Morgan fingerprint density at radius 1 is 1.18 bits per heavy atom. The van der Waals surface area contributed by atoms with Crippen molar-refractivity contribution < 1.29 is 14.6 Å². The zero-order chi connectivity index (χ0) is 23.0. The Labute approximate surface area is 193 Å². The van der Waals surface area contributed by atoms with E-state index in [0.717, 1.165) is 49.7 Å². The van der Waals surface area contributed by atoms with Gasteiger partial charge in [-0.15, -0.1) is 0 Å². The van der Waals surface area contributed by atoms with Gasteiger partial charge in [-0.25, -0.2) is 4.98 Å². The van der Waals surface area contributed by atoms with Crippen LogP contribution in [0.1, 0.15) is 28.7 Å². The predicted molar refractivity (Wildman–Crippen MR) is 124 cm³/mol. The molecule has 33 heavy (non-hydrogen) atoms. The maximum Gasteiger partial charge on any atom is 0.145 e. The van der Waals surface area contributed by atoms with Crippen molar-refractivity contribution in [2.75, 3.05) is 39.4 Å². The summed E-state index contributed by atoms with van der Waals surface area (Å²) in [6, 6.07) is 15.3. The van der Waals surface area contributed by atoms with Gasteiger partial charge in [-0.05, 0) is 43.2 Å². The van der Waals surface area contributed by atoms with E-state index in [0.29, 0.717) is 22.8 Å². The minimum absolute atomic E-state index is 0.0597. The fraction of sp³-hybridized carbons (Fsp3) is 0.360. The van der Waals surface area contributed by atoms with Crippen molar-refractivity contribution in [1.82, 2.24) is 20.2 Å². The number of hydrogen-bond donors (Lipinski definition) is 3.